The van der Waals surface area contributed by atoms with E-state index < -0.39 is 5.82 Å². The maximum Gasteiger partial charge on any atom is 0.256 e. The van der Waals surface area contributed by atoms with Crippen LogP contribution in [0.5, 0.6) is 0 Å². The second-order valence-electron chi connectivity index (χ2n) is 4.37. The third kappa shape index (κ3) is 3.56. The number of benzene rings is 1. The summed E-state index contributed by atoms with van der Waals surface area (Å²) in [7, 11) is 0. The minimum Gasteiger partial charge on any atom is -0.395 e. The zero-order valence-corrected chi connectivity index (χ0v) is 11.1. The normalized spacial score (nSPS) is 14.6. The van der Waals surface area contributed by atoms with E-state index in [4.69, 9.17) is 9.84 Å². The van der Waals surface area contributed by atoms with Gasteiger partial charge in [-0.2, -0.15) is 0 Å². The number of hydrogen-bond donors (Lipinski definition) is 1. The SMILES string of the molecule is O=C(c1ccc(C#CCCO)cc1F)N1CCOCC1. The van der Waals surface area contributed by atoms with Gasteiger partial charge in [0.1, 0.15) is 5.82 Å². The Morgan fingerprint density at radius 2 is 2.15 bits per heavy atom. The smallest absolute Gasteiger partial charge is 0.256 e. The first-order chi connectivity index (χ1) is 9.72. The van der Waals surface area contributed by atoms with Crippen LogP contribution in [0.15, 0.2) is 18.2 Å². The Bertz CT molecular complexity index is 542. The van der Waals surface area contributed by atoms with Crippen molar-refractivity contribution >= 4 is 5.91 Å². The fraction of sp³-hybridized carbons (Fsp3) is 0.400. The van der Waals surface area contributed by atoms with Gasteiger partial charge in [0.05, 0.1) is 25.4 Å². The van der Waals surface area contributed by atoms with E-state index in [2.05, 4.69) is 11.8 Å². The number of carbonyl (C=O) groups excluding carboxylic acids is 1. The van der Waals surface area contributed by atoms with E-state index in [0.29, 0.717) is 38.3 Å². The highest BCUT2D eigenvalue weighted by Crippen LogP contribution is 2.13. The van der Waals surface area contributed by atoms with E-state index in [9.17, 15) is 9.18 Å². The predicted molar refractivity (Wildman–Crippen MR) is 71.7 cm³/mol. The van der Waals surface area contributed by atoms with Gasteiger partial charge in [0.15, 0.2) is 0 Å². The molecule has 0 saturated carbocycles. The standard InChI is InChI=1S/C15H16FNO3/c16-14-11-12(3-1-2-8-18)4-5-13(14)15(19)17-6-9-20-10-7-17/h4-5,11,18H,2,6-10H2. The lowest BCUT2D eigenvalue weighted by atomic mass is 10.1. The second-order valence-corrected chi connectivity index (χ2v) is 4.37. The quantitative estimate of drug-likeness (QED) is 0.822. The van der Waals surface area contributed by atoms with Crippen LogP contribution in [0.3, 0.4) is 0 Å². The Balaban J connectivity index is 2.13. The predicted octanol–water partition coefficient (Wildman–Crippen LogP) is 1.03. The van der Waals surface area contributed by atoms with E-state index in [1.54, 1.807) is 11.0 Å². The van der Waals surface area contributed by atoms with Crippen LogP contribution >= 0.6 is 0 Å². The molecule has 2 rings (SSSR count). The van der Waals surface area contributed by atoms with Gasteiger partial charge in [0.25, 0.3) is 5.91 Å². The number of nitrogens with zero attached hydrogens (tertiary/aromatic N) is 1. The lowest BCUT2D eigenvalue weighted by Gasteiger charge is -2.27. The van der Waals surface area contributed by atoms with Crippen LogP contribution in [-0.4, -0.2) is 48.8 Å². The van der Waals surface area contributed by atoms with E-state index in [1.807, 2.05) is 0 Å². The van der Waals surface area contributed by atoms with Gasteiger partial charge in [-0.25, -0.2) is 4.39 Å². The topological polar surface area (TPSA) is 49.8 Å². The molecule has 106 valence electrons. The van der Waals surface area contributed by atoms with E-state index >= 15 is 0 Å². The Labute approximate surface area is 117 Å². The van der Waals surface area contributed by atoms with Crippen molar-refractivity contribution in [3.05, 3.63) is 35.1 Å². The number of rotatable bonds is 2. The van der Waals surface area contributed by atoms with Crippen LogP contribution in [0.25, 0.3) is 0 Å². The van der Waals surface area contributed by atoms with Crippen molar-refractivity contribution in [1.82, 2.24) is 4.90 Å². The molecule has 4 nitrogen and oxygen atoms in total. The molecule has 0 aromatic heterocycles. The van der Waals surface area contributed by atoms with Crippen LogP contribution in [-0.2, 0) is 4.74 Å². The molecule has 5 heteroatoms. The highest BCUT2D eigenvalue weighted by Gasteiger charge is 2.21. The Morgan fingerprint density at radius 1 is 1.40 bits per heavy atom. The van der Waals surface area contributed by atoms with Gasteiger partial charge >= 0.3 is 0 Å². The minimum absolute atomic E-state index is 0.0247. The molecular formula is C15H16FNO3. The molecule has 1 aromatic carbocycles. The summed E-state index contributed by atoms with van der Waals surface area (Å²) in [6, 6.07) is 4.31. The Hall–Kier alpha value is -1.90. The number of amides is 1. The molecule has 0 spiro atoms. The fourth-order valence-electron chi connectivity index (χ4n) is 1.92. The summed E-state index contributed by atoms with van der Waals surface area (Å²) in [5, 5.41) is 8.62. The lowest BCUT2D eigenvalue weighted by Crippen LogP contribution is -2.41. The van der Waals surface area contributed by atoms with Crippen molar-refractivity contribution in [3.8, 4) is 11.8 Å². The zero-order chi connectivity index (χ0) is 14.4. The Morgan fingerprint density at radius 3 is 2.80 bits per heavy atom. The average Bonchev–Trinajstić information content (AvgIpc) is 2.48. The van der Waals surface area contributed by atoms with E-state index in [0.717, 1.165) is 0 Å². The summed E-state index contributed by atoms with van der Waals surface area (Å²) >= 11 is 0. The number of carbonyl (C=O) groups is 1. The van der Waals surface area contributed by atoms with Crippen LogP contribution < -0.4 is 0 Å². The third-order valence-corrected chi connectivity index (χ3v) is 2.97. The van der Waals surface area contributed by atoms with Crippen LogP contribution in [0, 0.1) is 17.7 Å². The minimum atomic E-state index is -0.572. The molecule has 0 bridgehead atoms. The lowest BCUT2D eigenvalue weighted by molar-refractivity contribution is 0.0300. The Kier molecular flexibility index (Phi) is 5.10. The van der Waals surface area contributed by atoms with E-state index in [-0.39, 0.29) is 18.1 Å². The molecule has 1 aromatic rings. The van der Waals surface area contributed by atoms with Gasteiger partial charge in [0, 0.05) is 25.1 Å². The number of hydrogen-bond acceptors (Lipinski definition) is 3. The summed E-state index contributed by atoms with van der Waals surface area (Å²) < 4.78 is 19.1. The molecule has 1 aliphatic heterocycles. The fourth-order valence-corrected chi connectivity index (χ4v) is 1.92. The summed E-state index contributed by atoms with van der Waals surface area (Å²) in [5.41, 5.74) is 0.550. The van der Waals surface area contributed by atoms with Crippen molar-refractivity contribution in [2.75, 3.05) is 32.9 Å². The molecule has 0 radical (unpaired) electrons. The molecule has 0 aliphatic carbocycles. The van der Waals surface area contributed by atoms with Gasteiger partial charge in [-0.3, -0.25) is 4.79 Å². The van der Waals surface area contributed by atoms with Crippen molar-refractivity contribution < 1.29 is 19.0 Å². The molecule has 1 fully saturated rings. The van der Waals surface area contributed by atoms with Crippen molar-refractivity contribution in [1.29, 1.82) is 0 Å². The summed E-state index contributed by atoms with van der Waals surface area (Å²) in [6.07, 6.45) is 0.343. The molecule has 1 saturated heterocycles. The van der Waals surface area contributed by atoms with Gasteiger partial charge in [-0.05, 0) is 18.2 Å². The molecule has 1 amide bonds. The summed E-state index contributed by atoms with van der Waals surface area (Å²) in [5.74, 6) is 4.56. The molecule has 0 unspecified atom stereocenters. The second kappa shape index (κ2) is 7.04. The molecule has 20 heavy (non-hydrogen) atoms. The first-order valence-corrected chi connectivity index (χ1v) is 6.48. The third-order valence-electron chi connectivity index (χ3n) is 2.97. The number of aliphatic hydroxyl groups is 1. The first kappa shape index (κ1) is 14.5. The number of aliphatic hydroxyl groups excluding tert-OH is 1. The van der Waals surface area contributed by atoms with E-state index in [1.165, 1.54) is 12.1 Å². The van der Waals surface area contributed by atoms with Crippen molar-refractivity contribution in [2.24, 2.45) is 0 Å². The highest BCUT2D eigenvalue weighted by molar-refractivity contribution is 5.94. The monoisotopic (exact) mass is 277 g/mol. The van der Waals surface area contributed by atoms with Gasteiger partial charge in [-0.1, -0.05) is 11.8 Å². The molecule has 0 atom stereocenters. The van der Waals surface area contributed by atoms with Crippen LogP contribution in [0.1, 0.15) is 22.3 Å². The molecule has 1 aliphatic rings. The van der Waals surface area contributed by atoms with Crippen molar-refractivity contribution in [2.45, 2.75) is 6.42 Å². The number of halogens is 1. The molecule has 1 heterocycles. The zero-order valence-electron chi connectivity index (χ0n) is 11.1. The van der Waals surface area contributed by atoms with Gasteiger partial charge < -0.3 is 14.7 Å². The highest BCUT2D eigenvalue weighted by atomic mass is 19.1. The molecular weight excluding hydrogens is 261 g/mol. The maximum atomic E-state index is 14.0. The number of ether oxygens (including phenoxy) is 1. The molecule has 1 N–H and O–H groups in total. The largest absolute Gasteiger partial charge is 0.395 e. The maximum absolute atomic E-state index is 14.0. The van der Waals surface area contributed by atoms with Crippen LogP contribution in [0.2, 0.25) is 0 Å². The number of morpholine rings is 1. The summed E-state index contributed by atoms with van der Waals surface area (Å²) in [4.78, 5) is 13.7. The van der Waals surface area contributed by atoms with Gasteiger partial charge in [-0.15, -0.1) is 0 Å². The van der Waals surface area contributed by atoms with Crippen LogP contribution in [0.4, 0.5) is 4.39 Å². The van der Waals surface area contributed by atoms with Crippen molar-refractivity contribution in [3.63, 3.8) is 0 Å². The first-order valence-electron chi connectivity index (χ1n) is 6.48. The average molecular weight is 277 g/mol. The van der Waals surface area contributed by atoms with Gasteiger partial charge in [0.2, 0.25) is 0 Å². The summed E-state index contributed by atoms with van der Waals surface area (Å²) in [6.45, 7) is 1.91.